The number of hydrogen-bond acceptors (Lipinski definition) is 4. The van der Waals surface area contributed by atoms with E-state index in [1.807, 2.05) is 36.7 Å². The highest BCUT2D eigenvalue weighted by Crippen LogP contribution is 2.21. The van der Waals surface area contributed by atoms with Crippen molar-refractivity contribution in [2.45, 2.75) is 0 Å². The Morgan fingerprint density at radius 3 is 1.72 bits per heavy atom. The number of hydrogen-bond donors (Lipinski definition) is 2. The minimum atomic E-state index is 0.694. The van der Waals surface area contributed by atoms with E-state index in [0.717, 1.165) is 21.5 Å². The van der Waals surface area contributed by atoms with Crippen LogP contribution in [0.25, 0.3) is 0 Å². The van der Waals surface area contributed by atoms with E-state index in [0.29, 0.717) is 11.8 Å². The minimum absolute atomic E-state index is 0.694. The van der Waals surface area contributed by atoms with Crippen LogP contribution in [0, 0.1) is 0 Å². The highest BCUT2D eigenvalue weighted by molar-refractivity contribution is 8.16. The normalized spacial score (nSPS) is 22.4. The summed E-state index contributed by atoms with van der Waals surface area (Å²) in [6.07, 6.45) is 3.83. The third-order valence-corrected chi connectivity index (χ3v) is 4.24. The minimum Gasteiger partial charge on any atom is -0.360 e. The number of thioether (sulfide) groups is 2. The molecule has 6 heteroatoms. The summed E-state index contributed by atoms with van der Waals surface area (Å²) in [6, 6.07) is 8.04. The predicted octanol–water partition coefficient (Wildman–Crippen LogP) is 2.93. The van der Waals surface area contributed by atoms with Crippen LogP contribution < -0.4 is 0 Å². The number of rotatable bonds is 2. The highest BCUT2D eigenvalue weighted by atomic mass is 32.2. The topological polar surface area (TPSA) is 56.3 Å². The molecule has 0 saturated carbocycles. The molecular weight excluding hydrogens is 264 g/mol. The molecule has 92 valence electrons. The van der Waals surface area contributed by atoms with E-state index in [1.54, 1.807) is 23.5 Å². The monoisotopic (exact) mass is 276 g/mol. The molecule has 0 bridgehead atoms. The first kappa shape index (κ1) is 11.7. The van der Waals surface area contributed by atoms with Crippen molar-refractivity contribution in [1.29, 1.82) is 0 Å². The van der Waals surface area contributed by atoms with E-state index in [2.05, 4.69) is 20.0 Å². The summed E-state index contributed by atoms with van der Waals surface area (Å²) in [5, 5.41) is 2.06. The van der Waals surface area contributed by atoms with Gasteiger partial charge in [-0.05, 0) is 24.3 Å². The van der Waals surface area contributed by atoms with E-state index in [-0.39, 0.29) is 0 Å². The molecule has 0 atom stereocenters. The first-order chi connectivity index (χ1) is 8.93. The first-order valence-electron chi connectivity index (χ1n) is 5.55. The first-order valence-corrected chi connectivity index (χ1v) is 7.52. The van der Waals surface area contributed by atoms with Crippen molar-refractivity contribution in [3.63, 3.8) is 0 Å². The zero-order valence-corrected chi connectivity index (χ0v) is 11.2. The van der Waals surface area contributed by atoms with Gasteiger partial charge in [-0.3, -0.25) is 9.98 Å². The Bertz CT molecular complexity index is 503. The van der Waals surface area contributed by atoms with Crippen LogP contribution in [-0.4, -0.2) is 31.8 Å². The third-order valence-electron chi connectivity index (χ3n) is 2.48. The molecule has 2 N–H and O–H groups in total. The van der Waals surface area contributed by atoms with Gasteiger partial charge in [0, 0.05) is 12.4 Å². The van der Waals surface area contributed by atoms with Crippen molar-refractivity contribution in [3.05, 3.63) is 48.0 Å². The van der Waals surface area contributed by atoms with Gasteiger partial charge in [0.2, 0.25) is 0 Å². The number of H-pyrrole nitrogens is 2. The zero-order valence-electron chi connectivity index (χ0n) is 9.59. The fourth-order valence-electron chi connectivity index (χ4n) is 1.65. The molecule has 1 aliphatic rings. The molecular formula is C12H12N4S2. The fraction of sp³-hybridized carbons (Fsp3) is 0.167. The van der Waals surface area contributed by atoms with Crippen molar-refractivity contribution in [1.82, 2.24) is 9.97 Å². The largest absolute Gasteiger partial charge is 0.360 e. The summed E-state index contributed by atoms with van der Waals surface area (Å²) in [5.41, 5.74) is 2.14. The summed E-state index contributed by atoms with van der Waals surface area (Å²) in [4.78, 5) is 15.6. The van der Waals surface area contributed by atoms with Gasteiger partial charge >= 0.3 is 0 Å². The second kappa shape index (κ2) is 5.49. The van der Waals surface area contributed by atoms with E-state index < -0.39 is 0 Å². The standard InChI is InChI=1S/C12H12N4S2/c1-3-9(13-5-1)11-15-7-18-12(16-8-17-11)10-4-2-6-14-10/h1-6,13-14H,7-8H2/b15-11-,16-12-. The van der Waals surface area contributed by atoms with Crippen molar-refractivity contribution < 1.29 is 0 Å². The number of aromatic amines is 2. The molecule has 3 rings (SSSR count). The van der Waals surface area contributed by atoms with Gasteiger partial charge < -0.3 is 9.97 Å². The van der Waals surface area contributed by atoms with Gasteiger partial charge in [-0.25, -0.2) is 0 Å². The number of aromatic nitrogens is 2. The molecule has 0 aromatic carbocycles. The third kappa shape index (κ3) is 2.54. The fourth-order valence-corrected chi connectivity index (χ4v) is 3.32. The van der Waals surface area contributed by atoms with Crippen LogP contribution >= 0.6 is 23.5 Å². The smallest absolute Gasteiger partial charge is 0.117 e. The summed E-state index contributed by atoms with van der Waals surface area (Å²) in [5.74, 6) is 1.39. The average molecular weight is 276 g/mol. The van der Waals surface area contributed by atoms with Crippen molar-refractivity contribution in [2.24, 2.45) is 9.98 Å². The lowest BCUT2D eigenvalue weighted by Gasteiger charge is -2.09. The Morgan fingerprint density at radius 2 is 1.33 bits per heavy atom. The maximum Gasteiger partial charge on any atom is 0.117 e. The predicted molar refractivity (Wildman–Crippen MR) is 79.6 cm³/mol. The molecule has 0 amide bonds. The van der Waals surface area contributed by atoms with Crippen LogP contribution in [-0.2, 0) is 0 Å². The van der Waals surface area contributed by atoms with Crippen LogP contribution in [0.15, 0.2) is 46.6 Å². The second-order valence-electron chi connectivity index (χ2n) is 3.64. The maximum absolute atomic E-state index is 4.60. The van der Waals surface area contributed by atoms with Gasteiger partial charge in [0.1, 0.15) is 10.1 Å². The lowest BCUT2D eigenvalue weighted by atomic mass is 10.5. The van der Waals surface area contributed by atoms with Crippen molar-refractivity contribution in [2.75, 3.05) is 11.8 Å². The average Bonchev–Trinajstić information content (AvgIpc) is 3.01. The van der Waals surface area contributed by atoms with E-state index in [4.69, 9.17) is 0 Å². The molecule has 18 heavy (non-hydrogen) atoms. The van der Waals surface area contributed by atoms with Crippen LogP contribution in [0.5, 0.6) is 0 Å². The number of nitrogens with zero attached hydrogens (tertiary/aromatic N) is 2. The van der Waals surface area contributed by atoms with Gasteiger partial charge in [0.05, 0.1) is 23.1 Å². The second-order valence-corrected chi connectivity index (χ2v) is 5.51. The maximum atomic E-state index is 4.60. The Labute approximate surface area is 113 Å². The molecule has 0 unspecified atom stereocenters. The van der Waals surface area contributed by atoms with Crippen LogP contribution in [0.4, 0.5) is 0 Å². The molecule has 0 radical (unpaired) electrons. The van der Waals surface area contributed by atoms with Gasteiger partial charge in [0.15, 0.2) is 0 Å². The molecule has 1 aliphatic heterocycles. The summed E-state index contributed by atoms with van der Waals surface area (Å²) >= 11 is 3.32. The molecule has 0 fully saturated rings. The summed E-state index contributed by atoms with van der Waals surface area (Å²) in [6.45, 7) is 0. The lowest BCUT2D eigenvalue weighted by molar-refractivity contribution is 1.31. The number of aliphatic imine (C=N–C) groups is 2. The molecule has 0 spiro atoms. The quantitative estimate of drug-likeness (QED) is 0.886. The van der Waals surface area contributed by atoms with Crippen LogP contribution in [0.1, 0.15) is 11.4 Å². The summed E-state index contributed by atoms with van der Waals surface area (Å²) in [7, 11) is 0. The van der Waals surface area contributed by atoms with Gasteiger partial charge in [0.25, 0.3) is 0 Å². The van der Waals surface area contributed by atoms with Crippen molar-refractivity contribution >= 4 is 33.6 Å². The van der Waals surface area contributed by atoms with Gasteiger partial charge in [-0.1, -0.05) is 23.5 Å². The van der Waals surface area contributed by atoms with Crippen LogP contribution in [0.3, 0.4) is 0 Å². The Balaban J connectivity index is 1.74. The zero-order chi connectivity index (χ0) is 12.2. The molecule has 0 aliphatic carbocycles. The Morgan fingerprint density at radius 1 is 0.833 bits per heavy atom. The van der Waals surface area contributed by atoms with E-state index in [1.165, 1.54) is 0 Å². The Hall–Kier alpha value is -1.40. The summed E-state index contributed by atoms with van der Waals surface area (Å²) < 4.78 is 0. The number of nitrogens with one attached hydrogen (secondary N) is 2. The van der Waals surface area contributed by atoms with Crippen LogP contribution in [0.2, 0.25) is 0 Å². The Kier molecular flexibility index (Phi) is 3.56. The highest BCUT2D eigenvalue weighted by Gasteiger charge is 2.11. The SMILES string of the molecule is c1c[nH]c(/C2=N/CS/C(c3ccc[nH]3)=N\CS2)c1. The van der Waals surface area contributed by atoms with E-state index in [9.17, 15) is 0 Å². The molecule has 2 aromatic rings. The van der Waals surface area contributed by atoms with E-state index >= 15 is 0 Å². The molecule has 4 nitrogen and oxygen atoms in total. The molecule has 3 heterocycles. The van der Waals surface area contributed by atoms with Gasteiger partial charge in [-0.15, -0.1) is 0 Å². The lowest BCUT2D eigenvalue weighted by Crippen LogP contribution is -2.05. The molecule has 2 aromatic heterocycles. The molecule has 0 saturated heterocycles. The van der Waals surface area contributed by atoms with Gasteiger partial charge in [-0.2, -0.15) is 0 Å². The van der Waals surface area contributed by atoms with Crippen molar-refractivity contribution in [3.8, 4) is 0 Å².